The molecule has 1 aromatic rings. The molecule has 0 radical (unpaired) electrons. The van der Waals surface area contributed by atoms with E-state index in [0.29, 0.717) is 18.8 Å². The lowest BCUT2D eigenvalue weighted by atomic mass is 10.3. The molecule has 0 unspecified atom stereocenters. The molecule has 112 valence electrons. The summed E-state index contributed by atoms with van der Waals surface area (Å²) in [4.78, 5) is 0. The van der Waals surface area contributed by atoms with E-state index in [1.54, 1.807) is 7.05 Å². The lowest BCUT2D eigenvalue weighted by Gasteiger charge is -2.23. The minimum absolute atomic E-state index is 0.231. The standard InChI is InChI=1S/C13H19FN2O3S/c1-15(20(17,18)16-8-2-3-9-16)10-11-19-13-6-4-12(14)5-7-13/h4-7H,2-3,8-11H2,1H3. The Hall–Kier alpha value is -1.18. The van der Waals surface area contributed by atoms with E-state index in [-0.39, 0.29) is 19.0 Å². The zero-order valence-corrected chi connectivity index (χ0v) is 12.3. The summed E-state index contributed by atoms with van der Waals surface area (Å²) < 4.78 is 45.2. The molecule has 0 spiro atoms. The zero-order valence-electron chi connectivity index (χ0n) is 11.5. The van der Waals surface area contributed by atoms with Gasteiger partial charge in [0.15, 0.2) is 0 Å². The molecule has 1 saturated heterocycles. The van der Waals surface area contributed by atoms with Crippen LogP contribution in [0.4, 0.5) is 4.39 Å². The third-order valence-electron chi connectivity index (χ3n) is 3.27. The summed E-state index contributed by atoms with van der Waals surface area (Å²) in [7, 11) is -1.83. The molecule has 1 fully saturated rings. The monoisotopic (exact) mass is 302 g/mol. The van der Waals surface area contributed by atoms with Crippen LogP contribution in [-0.2, 0) is 10.2 Å². The van der Waals surface area contributed by atoms with Crippen LogP contribution in [0.1, 0.15) is 12.8 Å². The van der Waals surface area contributed by atoms with Crippen LogP contribution in [0.2, 0.25) is 0 Å². The molecule has 1 heterocycles. The molecule has 0 saturated carbocycles. The largest absolute Gasteiger partial charge is 0.492 e. The Kier molecular flexibility index (Phi) is 4.95. The highest BCUT2D eigenvalue weighted by atomic mass is 32.2. The summed E-state index contributed by atoms with van der Waals surface area (Å²) in [6.07, 6.45) is 1.83. The normalized spacial score (nSPS) is 16.8. The molecule has 1 aliphatic rings. The summed E-state index contributed by atoms with van der Waals surface area (Å²) in [5.74, 6) is 0.199. The fourth-order valence-electron chi connectivity index (χ4n) is 2.05. The highest BCUT2D eigenvalue weighted by Gasteiger charge is 2.28. The summed E-state index contributed by atoms with van der Waals surface area (Å²) in [6, 6.07) is 5.65. The number of halogens is 1. The summed E-state index contributed by atoms with van der Waals surface area (Å²) >= 11 is 0. The second-order valence-electron chi connectivity index (χ2n) is 4.74. The molecule has 0 aromatic heterocycles. The average Bonchev–Trinajstić information content (AvgIpc) is 2.95. The number of likely N-dealkylation sites (N-methyl/N-ethyl adjacent to an activating group) is 1. The third kappa shape index (κ3) is 3.68. The Morgan fingerprint density at radius 2 is 1.85 bits per heavy atom. The molecule has 0 bridgehead atoms. The van der Waals surface area contributed by atoms with E-state index in [4.69, 9.17) is 4.74 Å². The third-order valence-corrected chi connectivity index (χ3v) is 5.26. The Bertz CT molecular complexity index is 527. The SMILES string of the molecule is CN(CCOc1ccc(F)cc1)S(=O)(=O)N1CCCC1. The fourth-order valence-corrected chi connectivity index (χ4v) is 3.47. The predicted molar refractivity (Wildman–Crippen MR) is 74.3 cm³/mol. The number of hydrogen-bond acceptors (Lipinski definition) is 3. The van der Waals surface area contributed by atoms with Gasteiger partial charge in [-0.05, 0) is 37.1 Å². The first-order valence-electron chi connectivity index (χ1n) is 6.60. The molecule has 2 rings (SSSR count). The van der Waals surface area contributed by atoms with Crippen molar-refractivity contribution >= 4 is 10.2 Å². The zero-order chi connectivity index (χ0) is 14.6. The first-order chi connectivity index (χ1) is 9.50. The second-order valence-corrected chi connectivity index (χ2v) is 6.77. The quantitative estimate of drug-likeness (QED) is 0.800. The van der Waals surface area contributed by atoms with Gasteiger partial charge in [0.25, 0.3) is 10.2 Å². The highest BCUT2D eigenvalue weighted by molar-refractivity contribution is 7.86. The van der Waals surface area contributed by atoms with E-state index in [1.165, 1.54) is 32.9 Å². The van der Waals surface area contributed by atoms with Crippen LogP contribution in [0.5, 0.6) is 5.75 Å². The van der Waals surface area contributed by atoms with Gasteiger partial charge < -0.3 is 4.74 Å². The van der Waals surface area contributed by atoms with Gasteiger partial charge in [0, 0.05) is 26.7 Å². The Morgan fingerprint density at radius 1 is 1.25 bits per heavy atom. The molecule has 0 amide bonds. The van der Waals surface area contributed by atoms with Gasteiger partial charge in [0.05, 0.1) is 0 Å². The van der Waals surface area contributed by atoms with Crippen LogP contribution >= 0.6 is 0 Å². The van der Waals surface area contributed by atoms with Crippen LogP contribution in [0, 0.1) is 5.82 Å². The van der Waals surface area contributed by atoms with Crippen molar-refractivity contribution < 1.29 is 17.5 Å². The first-order valence-corrected chi connectivity index (χ1v) is 7.99. The van der Waals surface area contributed by atoms with Crippen molar-refractivity contribution in [3.05, 3.63) is 30.1 Å². The number of rotatable bonds is 6. The minimum atomic E-state index is -3.37. The average molecular weight is 302 g/mol. The molecule has 1 aromatic carbocycles. The van der Waals surface area contributed by atoms with E-state index >= 15 is 0 Å². The smallest absolute Gasteiger partial charge is 0.281 e. The van der Waals surface area contributed by atoms with Crippen molar-refractivity contribution in [2.45, 2.75) is 12.8 Å². The molecule has 5 nitrogen and oxygen atoms in total. The number of hydrogen-bond donors (Lipinski definition) is 0. The van der Waals surface area contributed by atoms with Crippen molar-refractivity contribution in [2.24, 2.45) is 0 Å². The van der Waals surface area contributed by atoms with Crippen molar-refractivity contribution in [1.29, 1.82) is 0 Å². The molecular weight excluding hydrogens is 283 g/mol. The van der Waals surface area contributed by atoms with Gasteiger partial charge in [-0.25, -0.2) is 4.39 Å². The molecule has 0 atom stereocenters. The second kappa shape index (κ2) is 6.51. The lowest BCUT2D eigenvalue weighted by Crippen LogP contribution is -2.41. The number of benzene rings is 1. The predicted octanol–water partition coefficient (Wildman–Crippen LogP) is 1.48. The summed E-state index contributed by atoms with van der Waals surface area (Å²) in [5, 5.41) is 0. The first kappa shape index (κ1) is 15.2. The van der Waals surface area contributed by atoms with Crippen LogP contribution in [0.25, 0.3) is 0 Å². The van der Waals surface area contributed by atoms with Gasteiger partial charge in [0.2, 0.25) is 0 Å². The van der Waals surface area contributed by atoms with Crippen LogP contribution in [-0.4, -0.2) is 50.3 Å². The molecular formula is C13H19FN2O3S. The van der Waals surface area contributed by atoms with Gasteiger partial charge in [-0.15, -0.1) is 0 Å². The van der Waals surface area contributed by atoms with Gasteiger partial charge in [-0.2, -0.15) is 17.0 Å². The van der Waals surface area contributed by atoms with Crippen LogP contribution < -0.4 is 4.74 Å². The van der Waals surface area contributed by atoms with Gasteiger partial charge in [-0.3, -0.25) is 0 Å². The molecule has 0 aliphatic carbocycles. The van der Waals surface area contributed by atoms with Crippen molar-refractivity contribution in [1.82, 2.24) is 8.61 Å². The van der Waals surface area contributed by atoms with Gasteiger partial charge >= 0.3 is 0 Å². The lowest BCUT2D eigenvalue weighted by molar-refractivity contribution is 0.279. The number of ether oxygens (including phenoxy) is 1. The summed E-state index contributed by atoms with van der Waals surface area (Å²) in [6.45, 7) is 1.67. The maximum atomic E-state index is 12.7. The van der Waals surface area contributed by atoms with E-state index in [1.807, 2.05) is 0 Å². The Labute approximate surface area is 119 Å². The van der Waals surface area contributed by atoms with Gasteiger partial charge in [-0.1, -0.05) is 0 Å². The molecule has 20 heavy (non-hydrogen) atoms. The van der Waals surface area contributed by atoms with Crippen molar-refractivity contribution in [3.63, 3.8) is 0 Å². The highest BCUT2D eigenvalue weighted by Crippen LogP contribution is 2.15. The summed E-state index contributed by atoms with van der Waals surface area (Å²) in [5.41, 5.74) is 0. The maximum absolute atomic E-state index is 12.7. The van der Waals surface area contributed by atoms with E-state index in [2.05, 4.69) is 0 Å². The fraction of sp³-hybridized carbons (Fsp3) is 0.538. The molecule has 0 N–H and O–H groups in total. The number of nitrogens with zero attached hydrogens (tertiary/aromatic N) is 2. The van der Waals surface area contributed by atoms with E-state index in [9.17, 15) is 12.8 Å². The van der Waals surface area contributed by atoms with Gasteiger partial charge in [0.1, 0.15) is 18.2 Å². The Morgan fingerprint density at radius 3 is 2.45 bits per heavy atom. The Balaban J connectivity index is 1.82. The molecule has 1 aliphatic heterocycles. The van der Waals surface area contributed by atoms with Crippen molar-refractivity contribution in [2.75, 3.05) is 33.3 Å². The maximum Gasteiger partial charge on any atom is 0.281 e. The van der Waals surface area contributed by atoms with E-state index in [0.717, 1.165) is 12.8 Å². The topological polar surface area (TPSA) is 49.9 Å². The van der Waals surface area contributed by atoms with Crippen molar-refractivity contribution in [3.8, 4) is 5.75 Å². The van der Waals surface area contributed by atoms with E-state index < -0.39 is 10.2 Å². The van der Waals surface area contributed by atoms with Crippen LogP contribution in [0.15, 0.2) is 24.3 Å². The van der Waals surface area contributed by atoms with Crippen LogP contribution in [0.3, 0.4) is 0 Å². The molecule has 7 heteroatoms. The minimum Gasteiger partial charge on any atom is -0.492 e.